The summed E-state index contributed by atoms with van der Waals surface area (Å²) in [5.41, 5.74) is 0. The van der Waals surface area contributed by atoms with Crippen molar-refractivity contribution in [2.45, 2.75) is 25.1 Å². The number of hydrogen-bond acceptors (Lipinski definition) is 5. The molecule has 0 aromatic heterocycles. The van der Waals surface area contributed by atoms with Crippen molar-refractivity contribution in [3.05, 3.63) is 0 Å². The third kappa shape index (κ3) is 5.59. The van der Waals surface area contributed by atoms with Crippen LogP contribution in [0, 0.1) is 0 Å². The SMILES string of the molecule is CCCCNCCN1CCSCC1S(C)(=O)=O. The molecule has 0 radical (unpaired) electrons. The quantitative estimate of drug-likeness (QED) is 0.699. The van der Waals surface area contributed by atoms with Gasteiger partial charge < -0.3 is 5.32 Å². The van der Waals surface area contributed by atoms with Crippen LogP contribution in [0.15, 0.2) is 0 Å². The van der Waals surface area contributed by atoms with Crippen LogP contribution < -0.4 is 5.32 Å². The van der Waals surface area contributed by atoms with Crippen molar-refractivity contribution in [3.63, 3.8) is 0 Å². The monoisotopic (exact) mass is 280 g/mol. The topological polar surface area (TPSA) is 49.4 Å². The Labute approximate surface area is 109 Å². The van der Waals surface area contributed by atoms with E-state index in [-0.39, 0.29) is 5.37 Å². The number of nitrogens with one attached hydrogen (secondary N) is 1. The van der Waals surface area contributed by atoms with Crippen LogP contribution in [0.4, 0.5) is 0 Å². The van der Waals surface area contributed by atoms with Gasteiger partial charge >= 0.3 is 0 Å². The van der Waals surface area contributed by atoms with E-state index in [0.29, 0.717) is 5.75 Å². The van der Waals surface area contributed by atoms with E-state index in [1.54, 1.807) is 11.8 Å². The van der Waals surface area contributed by atoms with E-state index in [4.69, 9.17) is 0 Å². The van der Waals surface area contributed by atoms with Gasteiger partial charge in [-0.3, -0.25) is 4.90 Å². The normalized spacial score (nSPS) is 22.8. The van der Waals surface area contributed by atoms with Gasteiger partial charge in [0.1, 0.15) is 5.37 Å². The van der Waals surface area contributed by atoms with Gasteiger partial charge in [-0.05, 0) is 13.0 Å². The molecule has 6 heteroatoms. The Morgan fingerprint density at radius 3 is 2.82 bits per heavy atom. The van der Waals surface area contributed by atoms with Gasteiger partial charge in [-0.1, -0.05) is 13.3 Å². The van der Waals surface area contributed by atoms with Crippen LogP contribution in [-0.4, -0.2) is 62.6 Å². The highest BCUT2D eigenvalue weighted by Gasteiger charge is 2.30. The summed E-state index contributed by atoms with van der Waals surface area (Å²) in [6.45, 7) is 5.81. The molecule has 0 bridgehead atoms. The van der Waals surface area contributed by atoms with Gasteiger partial charge in [0.25, 0.3) is 0 Å². The molecule has 1 unspecified atom stereocenters. The fourth-order valence-corrected chi connectivity index (χ4v) is 4.89. The Balaban J connectivity index is 2.33. The lowest BCUT2D eigenvalue weighted by atomic mass is 10.3. The van der Waals surface area contributed by atoms with Crippen molar-refractivity contribution < 1.29 is 8.42 Å². The highest BCUT2D eigenvalue weighted by molar-refractivity contribution is 8.00. The number of unbranched alkanes of at least 4 members (excludes halogenated alkanes) is 1. The highest BCUT2D eigenvalue weighted by Crippen LogP contribution is 2.19. The predicted octanol–water partition coefficient (Wildman–Crippen LogP) is 0.796. The summed E-state index contributed by atoms with van der Waals surface area (Å²) in [6, 6.07) is 0. The maximum atomic E-state index is 11.7. The summed E-state index contributed by atoms with van der Waals surface area (Å²) in [7, 11) is -2.95. The van der Waals surface area contributed by atoms with Crippen molar-refractivity contribution in [2.75, 3.05) is 43.9 Å². The lowest BCUT2D eigenvalue weighted by Crippen LogP contribution is -2.49. The van der Waals surface area contributed by atoms with E-state index in [9.17, 15) is 8.42 Å². The molecular weight excluding hydrogens is 256 g/mol. The highest BCUT2D eigenvalue weighted by atomic mass is 32.2. The Morgan fingerprint density at radius 2 is 2.18 bits per heavy atom. The van der Waals surface area contributed by atoms with Gasteiger partial charge in [0.2, 0.25) is 0 Å². The zero-order valence-electron chi connectivity index (χ0n) is 10.8. The van der Waals surface area contributed by atoms with Gasteiger partial charge in [0, 0.05) is 37.4 Å². The van der Waals surface area contributed by atoms with Crippen LogP contribution in [0.2, 0.25) is 0 Å². The maximum absolute atomic E-state index is 11.7. The Hall–Kier alpha value is 0.220. The molecule has 1 atom stereocenters. The molecule has 17 heavy (non-hydrogen) atoms. The second-order valence-corrected chi connectivity index (χ2v) is 7.85. The smallest absolute Gasteiger partial charge is 0.164 e. The van der Waals surface area contributed by atoms with Crippen molar-refractivity contribution in [1.29, 1.82) is 0 Å². The lowest BCUT2D eigenvalue weighted by Gasteiger charge is -2.33. The molecule has 1 aliphatic heterocycles. The first kappa shape index (κ1) is 15.3. The van der Waals surface area contributed by atoms with E-state index in [0.717, 1.165) is 31.9 Å². The fraction of sp³-hybridized carbons (Fsp3) is 1.00. The molecular formula is C11H24N2O2S2. The number of thioether (sulfide) groups is 1. The number of rotatable bonds is 7. The Morgan fingerprint density at radius 1 is 1.41 bits per heavy atom. The molecule has 4 nitrogen and oxygen atoms in total. The van der Waals surface area contributed by atoms with Gasteiger partial charge in [0.05, 0.1) is 0 Å². The molecule has 0 aromatic rings. The largest absolute Gasteiger partial charge is 0.315 e. The van der Waals surface area contributed by atoms with Gasteiger partial charge in [0.15, 0.2) is 9.84 Å². The summed E-state index contributed by atoms with van der Waals surface area (Å²) in [5, 5.41) is 3.08. The van der Waals surface area contributed by atoms with Crippen molar-refractivity contribution in [1.82, 2.24) is 10.2 Å². The molecule has 1 aliphatic rings. The summed E-state index contributed by atoms with van der Waals surface area (Å²) < 4.78 is 23.3. The zero-order valence-corrected chi connectivity index (χ0v) is 12.4. The van der Waals surface area contributed by atoms with E-state index >= 15 is 0 Å². The van der Waals surface area contributed by atoms with Crippen molar-refractivity contribution in [2.24, 2.45) is 0 Å². The molecule has 1 rings (SSSR count). The Bertz CT molecular complexity index is 307. The summed E-state index contributed by atoms with van der Waals surface area (Å²) >= 11 is 1.74. The maximum Gasteiger partial charge on any atom is 0.164 e. The third-order valence-corrected chi connectivity index (χ3v) is 5.65. The van der Waals surface area contributed by atoms with Gasteiger partial charge in [-0.2, -0.15) is 11.8 Å². The summed E-state index contributed by atoms with van der Waals surface area (Å²) in [5.74, 6) is 1.76. The molecule has 1 heterocycles. The zero-order chi connectivity index (χ0) is 12.7. The number of sulfone groups is 1. The first-order chi connectivity index (χ1) is 8.05. The molecule has 0 aromatic carbocycles. The minimum atomic E-state index is -2.95. The van der Waals surface area contributed by atoms with Crippen LogP contribution in [0.5, 0.6) is 0 Å². The minimum Gasteiger partial charge on any atom is -0.315 e. The Kier molecular flexibility index (Phi) is 6.84. The lowest BCUT2D eigenvalue weighted by molar-refractivity contribution is 0.270. The van der Waals surface area contributed by atoms with Crippen LogP contribution in [-0.2, 0) is 9.84 Å². The van der Waals surface area contributed by atoms with Crippen LogP contribution in [0.25, 0.3) is 0 Å². The molecule has 0 saturated carbocycles. The summed E-state index contributed by atoms with van der Waals surface area (Å²) in [6.07, 6.45) is 3.73. The van der Waals surface area contributed by atoms with E-state index in [1.807, 2.05) is 0 Å². The molecule has 1 saturated heterocycles. The van der Waals surface area contributed by atoms with Crippen LogP contribution >= 0.6 is 11.8 Å². The average Bonchev–Trinajstić information content (AvgIpc) is 2.28. The van der Waals surface area contributed by atoms with E-state index in [1.165, 1.54) is 19.1 Å². The minimum absolute atomic E-state index is 0.283. The van der Waals surface area contributed by atoms with Crippen molar-refractivity contribution >= 4 is 21.6 Å². The summed E-state index contributed by atoms with van der Waals surface area (Å²) in [4.78, 5) is 2.10. The second kappa shape index (κ2) is 7.61. The predicted molar refractivity (Wildman–Crippen MR) is 75.3 cm³/mol. The van der Waals surface area contributed by atoms with E-state index < -0.39 is 9.84 Å². The number of hydrogen-bond donors (Lipinski definition) is 1. The standard InChI is InChI=1S/C11H24N2O2S2/c1-3-4-5-12-6-7-13-8-9-16-10-11(13)17(2,14)15/h11-12H,3-10H2,1-2H3. The molecule has 102 valence electrons. The second-order valence-electron chi connectivity index (χ2n) is 4.50. The third-order valence-electron chi connectivity index (χ3n) is 2.97. The average molecular weight is 280 g/mol. The molecule has 1 N–H and O–H groups in total. The molecule has 1 fully saturated rings. The van der Waals surface area contributed by atoms with Gasteiger partial charge in [-0.25, -0.2) is 8.42 Å². The van der Waals surface area contributed by atoms with Crippen molar-refractivity contribution in [3.8, 4) is 0 Å². The molecule has 0 spiro atoms. The fourth-order valence-electron chi connectivity index (χ4n) is 1.91. The van der Waals surface area contributed by atoms with Crippen LogP contribution in [0.1, 0.15) is 19.8 Å². The molecule has 0 amide bonds. The molecule has 0 aliphatic carbocycles. The van der Waals surface area contributed by atoms with Crippen LogP contribution in [0.3, 0.4) is 0 Å². The van der Waals surface area contributed by atoms with E-state index in [2.05, 4.69) is 17.1 Å². The first-order valence-electron chi connectivity index (χ1n) is 6.27. The first-order valence-corrected chi connectivity index (χ1v) is 9.38. The number of nitrogens with zero attached hydrogens (tertiary/aromatic N) is 1. The van der Waals surface area contributed by atoms with Gasteiger partial charge in [-0.15, -0.1) is 0 Å².